The summed E-state index contributed by atoms with van der Waals surface area (Å²) in [4.78, 5) is 36.6. The fraction of sp³-hybridized carbons (Fsp3) is 0.364. The molecular formula is C22H23N3O6. The van der Waals surface area contributed by atoms with Crippen LogP contribution in [0.5, 0.6) is 0 Å². The third kappa shape index (κ3) is 4.14. The van der Waals surface area contributed by atoms with E-state index in [-0.39, 0.29) is 30.5 Å². The second kappa shape index (κ2) is 8.44. The highest BCUT2D eigenvalue weighted by molar-refractivity contribution is 6.00. The van der Waals surface area contributed by atoms with Gasteiger partial charge in [0.05, 0.1) is 31.0 Å². The largest absolute Gasteiger partial charge is 0.356 e. The summed E-state index contributed by atoms with van der Waals surface area (Å²) < 4.78 is 11.9. The van der Waals surface area contributed by atoms with E-state index in [0.29, 0.717) is 31.6 Å². The molecule has 2 aromatic carbocycles. The Labute approximate surface area is 179 Å². The predicted octanol–water partition coefficient (Wildman–Crippen LogP) is 2.06. The number of benzene rings is 2. The van der Waals surface area contributed by atoms with Crippen molar-refractivity contribution in [3.63, 3.8) is 0 Å². The molecule has 0 bridgehead atoms. The van der Waals surface area contributed by atoms with Gasteiger partial charge in [-0.05, 0) is 17.7 Å². The quantitative estimate of drug-likeness (QED) is 0.537. The van der Waals surface area contributed by atoms with Crippen LogP contribution in [0.4, 0.5) is 11.4 Å². The SMILES string of the molecule is CN1C(=O)Cc2cc(C3(CCNC(=O)Cc4ccccc4[N+](=O)[O-])OCCO3)ccc21. The summed E-state index contributed by atoms with van der Waals surface area (Å²) >= 11 is 0. The summed E-state index contributed by atoms with van der Waals surface area (Å²) in [5.41, 5.74) is 2.89. The lowest BCUT2D eigenvalue weighted by Crippen LogP contribution is -2.35. The van der Waals surface area contributed by atoms with Crippen LogP contribution in [0.15, 0.2) is 42.5 Å². The van der Waals surface area contributed by atoms with E-state index >= 15 is 0 Å². The molecule has 31 heavy (non-hydrogen) atoms. The number of fused-ring (bicyclic) bond motifs is 1. The Morgan fingerprint density at radius 2 is 1.97 bits per heavy atom. The molecule has 9 nitrogen and oxygen atoms in total. The lowest BCUT2D eigenvalue weighted by atomic mass is 9.98. The normalized spacial score (nSPS) is 16.9. The molecule has 0 radical (unpaired) electrons. The van der Waals surface area contributed by atoms with Crippen LogP contribution in [0.2, 0.25) is 0 Å². The van der Waals surface area contributed by atoms with Gasteiger partial charge in [-0.2, -0.15) is 0 Å². The average molecular weight is 425 g/mol. The molecular weight excluding hydrogens is 402 g/mol. The average Bonchev–Trinajstić information content (AvgIpc) is 3.33. The van der Waals surface area contributed by atoms with Crippen molar-refractivity contribution in [1.29, 1.82) is 0 Å². The molecule has 1 saturated heterocycles. The molecule has 4 rings (SSSR count). The Kier molecular flexibility index (Phi) is 5.71. The first kappa shape index (κ1) is 21.0. The smallest absolute Gasteiger partial charge is 0.273 e. The van der Waals surface area contributed by atoms with Crippen LogP contribution in [-0.4, -0.2) is 43.5 Å². The second-order valence-electron chi connectivity index (χ2n) is 7.59. The number of likely N-dealkylation sites (N-methyl/N-ethyl adjacent to an activating group) is 1. The Hall–Kier alpha value is -3.30. The summed E-state index contributed by atoms with van der Waals surface area (Å²) in [6, 6.07) is 11.9. The van der Waals surface area contributed by atoms with Crippen molar-refractivity contribution >= 4 is 23.2 Å². The van der Waals surface area contributed by atoms with Crippen molar-refractivity contribution < 1.29 is 24.0 Å². The summed E-state index contributed by atoms with van der Waals surface area (Å²) in [5.74, 6) is -1.27. The van der Waals surface area contributed by atoms with Crippen molar-refractivity contribution in [2.24, 2.45) is 0 Å². The number of anilines is 1. The molecule has 0 unspecified atom stereocenters. The fourth-order valence-electron chi connectivity index (χ4n) is 4.06. The van der Waals surface area contributed by atoms with Crippen molar-refractivity contribution in [1.82, 2.24) is 5.32 Å². The molecule has 1 fully saturated rings. The number of para-hydroxylation sites is 1. The van der Waals surface area contributed by atoms with E-state index in [9.17, 15) is 19.7 Å². The maximum Gasteiger partial charge on any atom is 0.273 e. The molecule has 2 aliphatic rings. The van der Waals surface area contributed by atoms with Gasteiger partial charge in [-0.15, -0.1) is 0 Å². The first-order chi connectivity index (χ1) is 14.9. The Morgan fingerprint density at radius 1 is 1.23 bits per heavy atom. The van der Waals surface area contributed by atoms with E-state index in [4.69, 9.17) is 9.47 Å². The molecule has 0 atom stereocenters. The highest BCUT2D eigenvalue weighted by Crippen LogP contribution is 2.38. The number of nitrogens with zero attached hydrogens (tertiary/aromatic N) is 2. The number of hydrogen-bond donors (Lipinski definition) is 1. The van der Waals surface area contributed by atoms with Crippen LogP contribution < -0.4 is 10.2 Å². The molecule has 2 heterocycles. The van der Waals surface area contributed by atoms with Crippen LogP contribution in [0.1, 0.15) is 23.1 Å². The molecule has 2 aromatic rings. The predicted molar refractivity (Wildman–Crippen MR) is 112 cm³/mol. The van der Waals surface area contributed by atoms with E-state index in [1.54, 1.807) is 30.1 Å². The second-order valence-corrected chi connectivity index (χ2v) is 7.59. The topological polar surface area (TPSA) is 111 Å². The number of nitro benzene ring substituents is 1. The number of rotatable bonds is 7. The minimum Gasteiger partial charge on any atom is -0.356 e. The van der Waals surface area contributed by atoms with Gasteiger partial charge >= 0.3 is 0 Å². The van der Waals surface area contributed by atoms with E-state index in [1.165, 1.54) is 6.07 Å². The zero-order valence-electron chi connectivity index (χ0n) is 17.1. The molecule has 2 aliphatic heterocycles. The van der Waals surface area contributed by atoms with Crippen LogP contribution in [0.25, 0.3) is 0 Å². The first-order valence-corrected chi connectivity index (χ1v) is 10.1. The molecule has 0 saturated carbocycles. The summed E-state index contributed by atoms with van der Waals surface area (Å²) in [6.07, 6.45) is 0.625. The summed E-state index contributed by atoms with van der Waals surface area (Å²) in [7, 11) is 1.75. The maximum atomic E-state index is 12.4. The highest BCUT2D eigenvalue weighted by atomic mass is 16.7. The van der Waals surface area contributed by atoms with Crippen LogP contribution in [0, 0.1) is 10.1 Å². The number of nitrogens with one attached hydrogen (secondary N) is 1. The monoisotopic (exact) mass is 425 g/mol. The number of carbonyl (C=O) groups is 2. The van der Waals surface area contributed by atoms with Crippen molar-refractivity contribution in [2.75, 3.05) is 31.7 Å². The Bertz CT molecular complexity index is 1030. The molecule has 0 aliphatic carbocycles. The van der Waals surface area contributed by atoms with Crippen LogP contribution in [0.3, 0.4) is 0 Å². The van der Waals surface area contributed by atoms with Gasteiger partial charge in [-0.3, -0.25) is 19.7 Å². The van der Waals surface area contributed by atoms with Crippen molar-refractivity contribution in [2.45, 2.75) is 25.0 Å². The zero-order valence-corrected chi connectivity index (χ0v) is 17.1. The van der Waals surface area contributed by atoms with Gasteiger partial charge in [-0.1, -0.05) is 24.3 Å². The van der Waals surface area contributed by atoms with Crippen molar-refractivity contribution in [3.8, 4) is 0 Å². The lowest BCUT2D eigenvalue weighted by molar-refractivity contribution is -0.385. The minimum atomic E-state index is -0.995. The van der Waals surface area contributed by atoms with Gasteiger partial charge in [0.1, 0.15) is 0 Å². The summed E-state index contributed by atoms with van der Waals surface area (Å²) in [6.45, 7) is 1.13. The maximum absolute atomic E-state index is 12.4. The number of amides is 2. The molecule has 0 aromatic heterocycles. The summed E-state index contributed by atoms with van der Waals surface area (Å²) in [5, 5.41) is 13.9. The van der Waals surface area contributed by atoms with E-state index in [0.717, 1.165) is 16.8 Å². The highest BCUT2D eigenvalue weighted by Gasteiger charge is 2.39. The lowest BCUT2D eigenvalue weighted by Gasteiger charge is -2.28. The van der Waals surface area contributed by atoms with Gasteiger partial charge in [0, 0.05) is 42.9 Å². The van der Waals surface area contributed by atoms with Crippen LogP contribution >= 0.6 is 0 Å². The Balaban J connectivity index is 1.42. The third-order valence-electron chi connectivity index (χ3n) is 5.67. The first-order valence-electron chi connectivity index (χ1n) is 10.1. The van der Waals surface area contributed by atoms with E-state index < -0.39 is 10.7 Å². The number of carbonyl (C=O) groups excluding carboxylic acids is 2. The molecule has 9 heteroatoms. The zero-order chi connectivity index (χ0) is 22.0. The molecule has 1 N–H and O–H groups in total. The number of hydrogen-bond acceptors (Lipinski definition) is 6. The standard InChI is InChI=1S/C22H23N3O6/c1-24-18-7-6-17(12-16(18)14-21(24)27)22(30-10-11-31-22)8-9-23-20(26)13-15-4-2-3-5-19(15)25(28)29/h2-7,12H,8-11,13-14H2,1H3,(H,23,26). The molecule has 2 amide bonds. The van der Waals surface area contributed by atoms with Gasteiger partial charge in [0.2, 0.25) is 11.8 Å². The molecule has 0 spiro atoms. The number of nitro groups is 1. The van der Waals surface area contributed by atoms with Crippen molar-refractivity contribution in [3.05, 3.63) is 69.3 Å². The van der Waals surface area contributed by atoms with Gasteiger partial charge < -0.3 is 19.7 Å². The van der Waals surface area contributed by atoms with E-state index in [2.05, 4.69) is 5.32 Å². The van der Waals surface area contributed by atoms with Gasteiger partial charge in [0.25, 0.3) is 5.69 Å². The van der Waals surface area contributed by atoms with Gasteiger partial charge in [0.15, 0.2) is 5.79 Å². The molecule has 162 valence electrons. The third-order valence-corrected chi connectivity index (χ3v) is 5.67. The van der Waals surface area contributed by atoms with Crippen LogP contribution in [-0.2, 0) is 37.7 Å². The fourth-order valence-corrected chi connectivity index (χ4v) is 4.06. The number of ether oxygens (including phenoxy) is 2. The van der Waals surface area contributed by atoms with Gasteiger partial charge in [-0.25, -0.2) is 0 Å². The minimum absolute atomic E-state index is 0.0386. The Morgan fingerprint density at radius 3 is 2.71 bits per heavy atom. The van der Waals surface area contributed by atoms with E-state index in [1.807, 2.05) is 18.2 Å².